The van der Waals surface area contributed by atoms with E-state index < -0.39 is 0 Å². The van der Waals surface area contributed by atoms with Crippen LogP contribution in [0.1, 0.15) is 28.6 Å². The molecule has 1 aromatic heterocycles. The molecule has 0 aliphatic heterocycles. The molecule has 3 nitrogen and oxygen atoms in total. The smallest absolute Gasteiger partial charge is 0.0647 e. The zero-order chi connectivity index (χ0) is 13.3. The molecule has 0 bridgehead atoms. The molecule has 0 fully saturated rings. The summed E-state index contributed by atoms with van der Waals surface area (Å²) in [6.07, 6.45) is 0. The second-order valence-electron chi connectivity index (χ2n) is 4.45. The molecule has 0 spiro atoms. The van der Waals surface area contributed by atoms with Gasteiger partial charge in [0.05, 0.1) is 11.7 Å². The van der Waals surface area contributed by atoms with Crippen LogP contribution in [0.3, 0.4) is 0 Å². The minimum absolute atomic E-state index is 0.0763. The lowest BCUT2D eigenvalue weighted by molar-refractivity contribution is 0.678. The maximum absolute atomic E-state index is 6.29. The van der Waals surface area contributed by atoms with Crippen molar-refractivity contribution in [1.82, 2.24) is 15.1 Å². The van der Waals surface area contributed by atoms with Crippen LogP contribution in [-0.2, 0) is 7.05 Å². The van der Waals surface area contributed by atoms with Gasteiger partial charge in [-0.1, -0.05) is 29.8 Å². The van der Waals surface area contributed by atoms with E-state index in [1.807, 2.05) is 43.9 Å². The van der Waals surface area contributed by atoms with Gasteiger partial charge in [-0.3, -0.25) is 4.68 Å². The Bertz CT molecular complexity index is 560. The SMILES string of the molecule is CNC(c1ccccc1Cl)c1c(C)nn(C)c1C. The molecule has 1 unspecified atom stereocenters. The van der Waals surface area contributed by atoms with Gasteiger partial charge in [0.2, 0.25) is 0 Å². The van der Waals surface area contributed by atoms with Gasteiger partial charge in [-0.25, -0.2) is 0 Å². The number of hydrogen-bond donors (Lipinski definition) is 1. The van der Waals surface area contributed by atoms with Crippen LogP contribution in [0.2, 0.25) is 5.02 Å². The lowest BCUT2D eigenvalue weighted by atomic mass is 9.97. The van der Waals surface area contributed by atoms with Crippen molar-refractivity contribution in [2.45, 2.75) is 19.9 Å². The van der Waals surface area contributed by atoms with E-state index >= 15 is 0 Å². The molecule has 0 saturated heterocycles. The van der Waals surface area contributed by atoms with E-state index in [-0.39, 0.29) is 6.04 Å². The fraction of sp³-hybridized carbons (Fsp3) is 0.357. The Morgan fingerprint density at radius 1 is 1.28 bits per heavy atom. The van der Waals surface area contributed by atoms with Crippen molar-refractivity contribution < 1.29 is 0 Å². The number of hydrogen-bond acceptors (Lipinski definition) is 2. The predicted molar refractivity (Wildman–Crippen MR) is 75.0 cm³/mol. The molecule has 0 radical (unpaired) electrons. The zero-order valence-corrected chi connectivity index (χ0v) is 11.9. The van der Waals surface area contributed by atoms with Gasteiger partial charge in [0.25, 0.3) is 0 Å². The molecule has 1 N–H and O–H groups in total. The van der Waals surface area contributed by atoms with Crippen molar-refractivity contribution in [3.63, 3.8) is 0 Å². The van der Waals surface area contributed by atoms with E-state index in [1.54, 1.807) is 0 Å². The third kappa shape index (κ3) is 2.16. The van der Waals surface area contributed by atoms with Crippen LogP contribution in [0, 0.1) is 13.8 Å². The molecule has 96 valence electrons. The van der Waals surface area contributed by atoms with Gasteiger partial charge >= 0.3 is 0 Å². The Balaban J connectivity index is 2.56. The van der Waals surface area contributed by atoms with E-state index in [0.29, 0.717) is 0 Å². The molecule has 0 aliphatic carbocycles. The van der Waals surface area contributed by atoms with E-state index in [9.17, 15) is 0 Å². The summed E-state index contributed by atoms with van der Waals surface area (Å²) in [5, 5.41) is 8.58. The van der Waals surface area contributed by atoms with E-state index in [2.05, 4.69) is 23.4 Å². The lowest BCUT2D eigenvalue weighted by Crippen LogP contribution is -2.19. The lowest BCUT2D eigenvalue weighted by Gasteiger charge is -2.19. The van der Waals surface area contributed by atoms with Crippen LogP contribution < -0.4 is 5.32 Å². The average Bonchev–Trinajstić information content (AvgIpc) is 2.59. The summed E-state index contributed by atoms with van der Waals surface area (Å²) >= 11 is 6.29. The molecule has 0 amide bonds. The Morgan fingerprint density at radius 3 is 2.44 bits per heavy atom. The highest BCUT2D eigenvalue weighted by molar-refractivity contribution is 6.31. The van der Waals surface area contributed by atoms with Crippen LogP contribution in [0.5, 0.6) is 0 Å². The topological polar surface area (TPSA) is 29.9 Å². The van der Waals surface area contributed by atoms with Gasteiger partial charge in [-0.05, 0) is 32.5 Å². The highest BCUT2D eigenvalue weighted by atomic mass is 35.5. The number of aromatic nitrogens is 2. The normalized spacial score (nSPS) is 12.7. The second-order valence-corrected chi connectivity index (χ2v) is 4.86. The highest BCUT2D eigenvalue weighted by Gasteiger charge is 2.21. The largest absolute Gasteiger partial charge is 0.309 e. The number of nitrogens with one attached hydrogen (secondary N) is 1. The Kier molecular flexibility index (Phi) is 3.73. The first kappa shape index (κ1) is 13.1. The first-order chi connectivity index (χ1) is 8.56. The van der Waals surface area contributed by atoms with Crippen LogP contribution >= 0.6 is 11.6 Å². The summed E-state index contributed by atoms with van der Waals surface area (Å²) in [5.41, 5.74) is 4.48. The van der Waals surface area contributed by atoms with Crippen molar-refractivity contribution in [3.8, 4) is 0 Å². The summed E-state index contributed by atoms with van der Waals surface area (Å²) in [6, 6.07) is 8.00. The van der Waals surface area contributed by atoms with Crippen molar-refractivity contribution in [2.75, 3.05) is 7.05 Å². The van der Waals surface area contributed by atoms with Crippen LogP contribution in [-0.4, -0.2) is 16.8 Å². The van der Waals surface area contributed by atoms with Gasteiger partial charge in [-0.15, -0.1) is 0 Å². The molecular formula is C14H18ClN3. The van der Waals surface area contributed by atoms with Crippen LogP contribution in [0.25, 0.3) is 0 Å². The van der Waals surface area contributed by atoms with E-state index in [0.717, 1.165) is 22.0 Å². The first-order valence-corrected chi connectivity index (χ1v) is 6.35. The number of benzene rings is 1. The van der Waals surface area contributed by atoms with Crippen molar-refractivity contribution in [1.29, 1.82) is 0 Å². The molecule has 2 aromatic rings. The fourth-order valence-electron chi connectivity index (χ4n) is 2.37. The Labute approximate surface area is 113 Å². The Hall–Kier alpha value is -1.32. The summed E-state index contributed by atoms with van der Waals surface area (Å²) in [7, 11) is 3.91. The third-order valence-corrected chi connectivity index (χ3v) is 3.70. The average molecular weight is 264 g/mol. The quantitative estimate of drug-likeness (QED) is 0.923. The van der Waals surface area contributed by atoms with Gasteiger partial charge in [0.15, 0.2) is 0 Å². The van der Waals surface area contributed by atoms with E-state index in [4.69, 9.17) is 11.6 Å². The summed E-state index contributed by atoms with van der Waals surface area (Å²) in [4.78, 5) is 0. The minimum Gasteiger partial charge on any atom is -0.309 e. The number of halogens is 1. The van der Waals surface area contributed by atoms with Crippen molar-refractivity contribution >= 4 is 11.6 Å². The predicted octanol–water partition coefficient (Wildman–Crippen LogP) is 3.00. The number of nitrogens with zero attached hydrogens (tertiary/aromatic N) is 2. The number of aryl methyl sites for hydroxylation is 2. The Morgan fingerprint density at radius 2 is 1.94 bits per heavy atom. The molecule has 18 heavy (non-hydrogen) atoms. The zero-order valence-electron chi connectivity index (χ0n) is 11.2. The van der Waals surface area contributed by atoms with Gasteiger partial charge in [0.1, 0.15) is 0 Å². The standard InChI is InChI=1S/C14H18ClN3/c1-9-13(10(2)18(4)17-9)14(16-3)11-7-5-6-8-12(11)15/h5-8,14,16H,1-4H3. The molecule has 2 rings (SSSR count). The summed E-state index contributed by atoms with van der Waals surface area (Å²) in [6.45, 7) is 4.11. The molecule has 1 atom stereocenters. The third-order valence-electron chi connectivity index (χ3n) is 3.36. The maximum Gasteiger partial charge on any atom is 0.0647 e. The highest BCUT2D eigenvalue weighted by Crippen LogP contribution is 2.31. The van der Waals surface area contributed by atoms with Gasteiger partial charge < -0.3 is 5.32 Å². The van der Waals surface area contributed by atoms with Crippen LogP contribution in [0.15, 0.2) is 24.3 Å². The minimum atomic E-state index is 0.0763. The maximum atomic E-state index is 6.29. The van der Waals surface area contributed by atoms with Crippen LogP contribution in [0.4, 0.5) is 0 Å². The van der Waals surface area contributed by atoms with Gasteiger partial charge in [0, 0.05) is 23.3 Å². The first-order valence-electron chi connectivity index (χ1n) is 5.98. The van der Waals surface area contributed by atoms with E-state index in [1.165, 1.54) is 5.56 Å². The summed E-state index contributed by atoms with van der Waals surface area (Å²) < 4.78 is 1.91. The van der Waals surface area contributed by atoms with Crippen molar-refractivity contribution in [3.05, 3.63) is 51.8 Å². The van der Waals surface area contributed by atoms with Crippen molar-refractivity contribution in [2.24, 2.45) is 7.05 Å². The van der Waals surface area contributed by atoms with Gasteiger partial charge in [-0.2, -0.15) is 5.10 Å². The molecule has 4 heteroatoms. The second kappa shape index (κ2) is 5.12. The fourth-order valence-corrected chi connectivity index (χ4v) is 2.62. The molecule has 1 heterocycles. The molecule has 1 aromatic carbocycles. The molecule has 0 aliphatic rings. The number of rotatable bonds is 3. The molecular weight excluding hydrogens is 246 g/mol. The molecule has 0 saturated carbocycles. The monoisotopic (exact) mass is 263 g/mol. The summed E-state index contributed by atoms with van der Waals surface area (Å²) in [5.74, 6) is 0.